The number of rotatable bonds is 4. The van der Waals surface area contributed by atoms with Gasteiger partial charge in [-0.05, 0) is 19.3 Å². The van der Waals surface area contributed by atoms with Gasteiger partial charge in [0.15, 0.2) is 0 Å². The van der Waals surface area contributed by atoms with E-state index in [0.29, 0.717) is 6.04 Å². The highest BCUT2D eigenvalue weighted by Crippen LogP contribution is 2.32. The predicted octanol–water partition coefficient (Wildman–Crippen LogP) is 0.685. The molecule has 3 atom stereocenters. The van der Waals surface area contributed by atoms with E-state index in [0.717, 1.165) is 45.5 Å². The highest BCUT2D eigenvalue weighted by molar-refractivity contribution is 4.93. The monoisotopic (exact) mass is 229 g/mol. The Bertz CT molecular complexity index is 212. The van der Waals surface area contributed by atoms with Crippen molar-refractivity contribution in [2.75, 3.05) is 26.4 Å². The molecule has 94 valence electrons. The van der Waals surface area contributed by atoms with Gasteiger partial charge in [0.05, 0.1) is 18.8 Å². The molecule has 0 aromatic heterocycles. The van der Waals surface area contributed by atoms with Crippen LogP contribution >= 0.6 is 0 Å². The minimum Gasteiger partial charge on any atom is -0.395 e. The lowest BCUT2D eigenvalue weighted by atomic mass is 9.89. The molecule has 2 rings (SSSR count). The fourth-order valence-corrected chi connectivity index (χ4v) is 2.67. The number of hydrogen-bond acceptors (Lipinski definition) is 4. The summed E-state index contributed by atoms with van der Waals surface area (Å²) >= 11 is 0. The molecule has 0 bridgehead atoms. The van der Waals surface area contributed by atoms with E-state index in [1.807, 2.05) is 0 Å². The van der Waals surface area contributed by atoms with Crippen LogP contribution in [0.4, 0.5) is 0 Å². The lowest BCUT2D eigenvalue weighted by molar-refractivity contribution is -0.0908. The van der Waals surface area contributed by atoms with Crippen LogP contribution in [0.1, 0.15) is 32.6 Å². The van der Waals surface area contributed by atoms with Crippen molar-refractivity contribution < 1.29 is 14.6 Å². The van der Waals surface area contributed by atoms with Crippen LogP contribution in [0.5, 0.6) is 0 Å². The fraction of sp³-hybridized carbons (Fsp3) is 1.00. The Balaban J connectivity index is 1.86. The summed E-state index contributed by atoms with van der Waals surface area (Å²) < 4.78 is 11.3. The van der Waals surface area contributed by atoms with Crippen LogP contribution in [-0.2, 0) is 9.47 Å². The largest absolute Gasteiger partial charge is 0.395 e. The van der Waals surface area contributed by atoms with Crippen molar-refractivity contribution in [3.05, 3.63) is 0 Å². The van der Waals surface area contributed by atoms with Crippen molar-refractivity contribution >= 4 is 0 Å². The third-order valence-corrected chi connectivity index (χ3v) is 3.74. The highest BCUT2D eigenvalue weighted by atomic mass is 16.6. The predicted molar refractivity (Wildman–Crippen MR) is 61.4 cm³/mol. The summed E-state index contributed by atoms with van der Waals surface area (Å²) in [5.74, 6) is 0. The lowest BCUT2D eigenvalue weighted by Gasteiger charge is -2.38. The van der Waals surface area contributed by atoms with Crippen LogP contribution in [0, 0.1) is 0 Å². The van der Waals surface area contributed by atoms with Crippen LogP contribution < -0.4 is 5.32 Å². The second-order valence-corrected chi connectivity index (χ2v) is 4.98. The van der Waals surface area contributed by atoms with Crippen LogP contribution in [0.2, 0.25) is 0 Å². The quantitative estimate of drug-likeness (QED) is 0.744. The first-order chi connectivity index (χ1) is 7.78. The Morgan fingerprint density at radius 1 is 1.50 bits per heavy atom. The van der Waals surface area contributed by atoms with E-state index in [1.165, 1.54) is 0 Å². The summed E-state index contributed by atoms with van der Waals surface area (Å²) in [6, 6.07) is 0.690. The molecule has 1 spiro atoms. The Morgan fingerprint density at radius 3 is 3.00 bits per heavy atom. The maximum Gasteiger partial charge on any atom is 0.0951 e. The molecule has 2 aliphatic rings. The maximum atomic E-state index is 9.20. The van der Waals surface area contributed by atoms with Crippen LogP contribution in [0.15, 0.2) is 0 Å². The molecule has 0 radical (unpaired) electrons. The number of hydrogen-bond donors (Lipinski definition) is 2. The van der Waals surface area contributed by atoms with E-state index in [2.05, 4.69) is 12.2 Å². The van der Waals surface area contributed by atoms with Crippen molar-refractivity contribution in [3.63, 3.8) is 0 Å². The minimum absolute atomic E-state index is 0.0380. The van der Waals surface area contributed by atoms with Gasteiger partial charge >= 0.3 is 0 Å². The molecule has 2 aliphatic heterocycles. The van der Waals surface area contributed by atoms with Crippen molar-refractivity contribution in [3.8, 4) is 0 Å². The summed E-state index contributed by atoms with van der Waals surface area (Å²) in [6.45, 7) is 4.69. The molecule has 2 saturated heterocycles. The molecule has 0 aliphatic carbocycles. The van der Waals surface area contributed by atoms with Crippen molar-refractivity contribution in [1.82, 2.24) is 5.32 Å². The van der Waals surface area contributed by atoms with Crippen molar-refractivity contribution in [2.45, 2.75) is 50.3 Å². The lowest BCUT2D eigenvalue weighted by Crippen LogP contribution is -2.50. The zero-order valence-electron chi connectivity index (χ0n) is 10.1. The van der Waals surface area contributed by atoms with Gasteiger partial charge in [0.1, 0.15) is 0 Å². The van der Waals surface area contributed by atoms with Gasteiger partial charge in [-0.1, -0.05) is 6.92 Å². The molecule has 2 fully saturated rings. The van der Waals surface area contributed by atoms with Gasteiger partial charge in [0.2, 0.25) is 0 Å². The molecule has 3 unspecified atom stereocenters. The van der Waals surface area contributed by atoms with E-state index >= 15 is 0 Å². The highest BCUT2D eigenvalue weighted by Gasteiger charge is 2.41. The van der Waals surface area contributed by atoms with Gasteiger partial charge in [-0.2, -0.15) is 0 Å². The third-order valence-electron chi connectivity index (χ3n) is 3.74. The number of ether oxygens (including phenoxy) is 2. The summed E-state index contributed by atoms with van der Waals surface area (Å²) in [5, 5.41) is 12.7. The summed E-state index contributed by atoms with van der Waals surface area (Å²) in [5.41, 5.74) is -0.0380. The van der Waals surface area contributed by atoms with Crippen molar-refractivity contribution in [2.24, 2.45) is 0 Å². The number of aliphatic hydroxyl groups excluding tert-OH is 1. The molecular weight excluding hydrogens is 206 g/mol. The first kappa shape index (κ1) is 12.3. The van der Waals surface area contributed by atoms with Gasteiger partial charge in [0.25, 0.3) is 0 Å². The summed E-state index contributed by atoms with van der Waals surface area (Å²) in [4.78, 5) is 0. The molecule has 0 aromatic carbocycles. The van der Waals surface area contributed by atoms with E-state index < -0.39 is 0 Å². The Morgan fingerprint density at radius 2 is 2.38 bits per heavy atom. The Hall–Kier alpha value is -0.160. The Labute approximate surface area is 97.3 Å². The molecule has 4 heteroatoms. The normalized spacial score (nSPS) is 36.8. The topological polar surface area (TPSA) is 50.7 Å². The fourth-order valence-electron chi connectivity index (χ4n) is 2.67. The molecule has 2 N–H and O–H groups in total. The third kappa shape index (κ3) is 2.74. The van der Waals surface area contributed by atoms with Gasteiger partial charge in [-0.25, -0.2) is 0 Å². The molecule has 2 heterocycles. The zero-order valence-corrected chi connectivity index (χ0v) is 10.1. The van der Waals surface area contributed by atoms with Crippen LogP contribution in [0.3, 0.4) is 0 Å². The average molecular weight is 229 g/mol. The first-order valence-electron chi connectivity index (χ1n) is 6.36. The standard InChI is InChI=1S/C12H23NO3/c1-2-10(8-14)13-11-3-5-16-12(7-11)4-6-15-9-12/h10-11,13-14H,2-9H2,1H3. The molecule has 0 saturated carbocycles. The van der Waals surface area contributed by atoms with Crippen molar-refractivity contribution in [1.29, 1.82) is 0 Å². The second kappa shape index (κ2) is 5.45. The SMILES string of the molecule is CCC(CO)NC1CCOC2(CCOC2)C1. The van der Waals surface area contributed by atoms with Crippen LogP contribution in [0.25, 0.3) is 0 Å². The molecule has 16 heavy (non-hydrogen) atoms. The smallest absolute Gasteiger partial charge is 0.0951 e. The average Bonchev–Trinajstić information content (AvgIpc) is 2.74. The Kier molecular flexibility index (Phi) is 4.19. The van der Waals surface area contributed by atoms with E-state index in [-0.39, 0.29) is 18.2 Å². The number of nitrogens with one attached hydrogen (secondary N) is 1. The van der Waals surface area contributed by atoms with Gasteiger partial charge in [-0.3, -0.25) is 0 Å². The molecular formula is C12H23NO3. The van der Waals surface area contributed by atoms with Gasteiger partial charge < -0.3 is 19.9 Å². The van der Waals surface area contributed by atoms with E-state index in [4.69, 9.17) is 9.47 Å². The van der Waals surface area contributed by atoms with Crippen LogP contribution in [-0.4, -0.2) is 49.2 Å². The first-order valence-corrected chi connectivity index (χ1v) is 6.36. The van der Waals surface area contributed by atoms with Gasteiger partial charge in [0, 0.05) is 31.7 Å². The zero-order chi connectivity index (χ0) is 11.4. The van der Waals surface area contributed by atoms with E-state index in [1.54, 1.807) is 0 Å². The van der Waals surface area contributed by atoms with Gasteiger partial charge in [-0.15, -0.1) is 0 Å². The van der Waals surface area contributed by atoms with E-state index in [9.17, 15) is 5.11 Å². The molecule has 0 aromatic rings. The summed E-state index contributed by atoms with van der Waals surface area (Å²) in [6.07, 6.45) is 4.04. The minimum atomic E-state index is -0.0380. The second-order valence-electron chi connectivity index (χ2n) is 4.98. The maximum absolute atomic E-state index is 9.20. The molecule has 0 amide bonds. The number of aliphatic hydroxyl groups is 1. The molecule has 4 nitrogen and oxygen atoms in total. The summed E-state index contributed by atoms with van der Waals surface area (Å²) in [7, 11) is 0.